The van der Waals surface area contributed by atoms with Crippen molar-refractivity contribution in [1.29, 1.82) is 0 Å². The highest BCUT2D eigenvalue weighted by molar-refractivity contribution is 8.13. The first-order valence-corrected chi connectivity index (χ1v) is 8.56. The molecule has 1 aliphatic carbocycles. The summed E-state index contributed by atoms with van der Waals surface area (Å²) in [4.78, 5) is 0. The monoisotopic (exact) mass is 296 g/mol. The highest BCUT2D eigenvalue weighted by atomic mass is 35.7. The lowest BCUT2D eigenvalue weighted by Crippen LogP contribution is -2.01. The minimum atomic E-state index is -3.51. The summed E-state index contributed by atoms with van der Waals surface area (Å²) in [6.45, 7) is 0. The Bertz CT molecular complexity index is 688. The van der Waals surface area contributed by atoms with Crippen molar-refractivity contribution in [3.8, 4) is 5.69 Å². The first kappa shape index (κ1) is 12.7. The number of rotatable bonds is 4. The highest BCUT2D eigenvalue weighted by Gasteiger charge is 2.27. The van der Waals surface area contributed by atoms with Gasteiger partial charge in [0.1, 0.15) is 0 Å². The summed E-state index contributed by atoms with van der Waals surface area (Å²) in [7, 11) is 1.73. The molecule has 1 heterocycles. The second-order valence-electron chi connectivity index (χ2n) is 4.79. The molecule has 4 nitrogen and oxygen atoms in total. The summed E-state index contributed by atoms with van der Waals surface area (Å²) in [5, 5.41) is 4.32. The molecule has 1 fully saturated rings. The topological polar surface area (TPSA) is 52.0 Å². The van der Waals surface area contributed by atoms with Gasteiger partial charge in [-0.3, -0.25) is 0 Å². The molecule has 1 aromatic carbocycles. The number of nitrogens with zero attached hydrogens (tertiary/aromatic N) is 2. The lowest BCUT2D eigenvalue weighted by Gasteiger charge is -2.07. The third-order valence-electron chi connectivity index (χ3n) is 3.19. The summed E-state index contributed by atoms with van der Waals surface area (Å²) in [5.74, 6) is 0.467. The van der Waals surface area contributed by atoms with Gasteiger partial charge in [-0.1, -0.05) is 12.1 Å². The lowest BCUT2D eigenvalue weighted by atomic mass is 10.2. The zero-order valence-corrected chi connectivity index (χ0v) is 11.7. The third-order valence-corrected chi connectivity index (χ3v) is 4.19. The summed E-state index contributed by atoms with van der Waals surface area (Å²) in [5.41, 5.74) is 2.85. The van der Waals surface area contributed by atoms with Gasteiger partial charge in [-0.05, 0) is 36.6 Å². The Labute approximate surface area is 116 Å². The van der Waals surface area contributed by atoms with Crippen molar-refractivity contribution in [2.24, 2.45) is 0 Å². The van der Waals surface area contributed by atoms with Gasteiger partial charge in [-0.2, -0.15) is 5.10 Å². The third kappa shape index (κ3) is 2.98. The standard InChI is InChI=1S/C13H13ClN2O2S/c14-19(17,18)9-10-1-5-12(6-2-10)16-13(7-8-15-16)11-3-4-11/h1-2,5-8,11H,3-4,9H2. The minimum absolute atomic E-state index is 0.149. The van der Waals surface area contributed by atoms with E-state index in [0.29, 0.717) is 11.5 Å². The summed E-state index contributed by atoms with van der Waals surface area (Å²) < 4.78 is 23.9. The molecule has 1 aliphatic rings. The normalized spacial score (nSPS) is 15.6. The fourth-order valence-corrected chi connectivity index (χ4v) is 3.12. The Morgan fingerprint density at radius 2 is 1.89 bits per heavy atom. The van der Waals surface area contributed by atoms with E-state index in [1.165, 1.54) is 18.5 Å². The van der Waals surface area contributed by atoms with Gasteiger partial charge in [0.25, 0.3) is 0 Å². The summed E-state index contributed by atoms with van der Waals surface area (Å²) in [6, 6.07) is 9.32. The second-order valence-corrected chi connectivity index (χ2v) is 7.57. The van der Waals surface area contributed by atoms with E-state index in [4.69, 9.17) is 10.7 Å². The maximum atomic E-state index is 11.0. The molecule has 19 heavy (non-hydrogen) atoms. The average Bonchev–Trinajstić information content (AvgIpc) is 3.06. The van der Waals surface area contributed by atoms with E-state index in [0.717, 1.165) is 5.69 Å². The first-order valence-electron chi connectivity index (χ1n) is 6.08. The van der Waals surface area contributed by atoms with Crippen molar-refractivity contribution < 1.29 is 8.42 Å². The van der Waals surface area contributed by atoms with E-state index < -0.39 is 9.05 Å². The molecule has 0 aliphatic heterocycles. The van der Waals surface area contributed by atoms with Crippen LogP contribution in [-0.2, 0) is 14.8 Å². The van der Waals surface area contributed by atoms with Gasteiger partial charge in [0, 0.05) is 28.5 Å². The van der Waals surface area contributed by atoms with Crippen LogP contribution in [0.5, 0.6) is 0 Å². The van der Waals surface area contributed by atoms with E-state index >= 15 is 0 Å². The molecule has 0 unspecified atom stereocenters. The van der Waals surface area contributed by atoms with E-state index in [9.17, 15) is 8.42 Å². The molecule has 0 amide bonds. The molecule has 1 aromatic heterocycles. The predicted molar refractivity (Wildman–Crippen MR) is 74.0 cm³/mol. The van der Waals surface area contributed by atoms with Crippen molar-refractivity contribution >= 4 is 19.7 Å². The van der Waals surface area contributed by atoms with Crippen LogP contribution in [0.2, 0.25) is 0 Å². The van der Waals surface area contributed by atoms with Crippen LogP contribution in [0.4, 0.5) is 0 Å². The molecule has 1 saturated carbocycles. The van der Waals surface area contributed by atoms with Crippen LogP contribution in [0.15, 0.2) is 36.5 Å². The number of hydrogen-bond acceptors (Lipinski definition) is 3. The number of halogens is 1. The quantitative estimate of drug-likeness (QED) is 0.815. The molecule has 0 saturated heterocycles. The molecule has 2 aromatic rings. The van der Waals surface area contributed by atoms with Gasteiger partial charge >= 0.3 is 0 Å². The number of benzene rings is 1. The van der Waals surface area contributed by atoms with Gasteiger partial charge in [0.15, 0.2) is 0 Å². The largest absolute Gasteiger partial charge is 0.238 e. The molecular formula is C13H13ClN2O2S. The van der Waals surface area contributed by atoms with E-state index in [2.05, 4.69) is 5.10 Å². The van der Waals surface area contributed by atoms with Crippen LogP contribution >= 0.6 is 10.7 Å². The second kappa shape index (κ2) is 4.65. The van der Waals surface area contributed by atoms with E-state index in [1.54, 1.807) is 18.3 Å². The molecule has 0 spiro atoms. The first-order chi connectivity index (χ1) is 9.03. The Morgan fingerprint density at radius 3 is 2.47 bits per heavy atom. The Kier molecular flexibility index (Phi) is 3.11. The van der Waals surface area contributed by atoms with Crippen molar-refractivity contribution in [2.75, 3.05) is 0 Å². The van der Waals surface area contributed by atoms with Crippen LogP contribution in [0.25, 0.3) is 5.69 Å². The summed E-state index contributed by atoms with van der Waals surface area (Å²) in [6.07, 6.45) is 4.23. The van der Waals surface area contributed by atoms with Gasteiger partial charge in [0.2, 0.25) is 9.05 Å². The molecule has 0 N–H and O–H groups in total. The average molecular weight is 297 g/mol. The maximum absolute atomic E-state index is 11.0. The van der Waals surface area contributed by atoms with Crippen molar-refractivity contribution in [3.63, 3.8) is 0 Å². The van der Waals surface area contributed by atoms with Crippen molar-refractivity contribution in [2.45, 2.75) is 24.5 Å². The smallest absolute Gasteiger partial charge is 0.236 e. The molecule has 100 valence electrons. The number of hydrogen-bond donors (Lipinski definition) is 0. The van der Waals surface area contributed by atoms with Gasteiger partial charge in [0.05, 0.1) is 11.4 Å². The Morgan fingerprint density at radius 1 is 1.21 bits per heavy atom. The molecule has 0 bridgehead atoms. The summed E-state index contributed by atoms with van der Waals surface area (Å²) >= 11 is 0. The molecule has 3 rings (SSSR count). The predicted octanol–water partition coefficient (Wildman–Crippen LogP) is 2.82. The Hall–Kier alpha value is -1.33. The van der Waals surface area contributed by atoms with Crippen LogP contribution in [0.3, 0.4) is 0 Å². The molecular weight excluding hydrogens is 284 g/mol. The SMILES string of the molecule is O=S(=O)(Cl)Cc1ccc(-n2nccc2C2CC2)cc1. The lowest BCUT2D eigenvalue weighted by molar-refractivity contribution is 0.609. The van der Waals surface area contributed by atoms with Crippen LogP contribution in [0, 0.1) is 0 Å². The Balaban J connectivity index is 1.88. The number of aromatic nitrogens is 2. The molecule has 0 atom stereocenters. The fraction of sp³-hybridized carbons (Fsp3) is 0.308. The van der Waals surface area contributed by atoms with Crippen molar-refractivity contribution in [3.05, 3.63) is 47.8 Å². The fourth-order valence-electron chi connectivity index (χ4n) is 2.15. The van der Waals surface area contributed by atoms with Gasteiger partial charge < -0.3 is 0 Å². The zero-order valence-electron chi connectivity index (χ0n) is 10.2. The maximum Gasteiger partial charge on any atom is 0.236 e. The van der Waals surface area contributed by atoms with E-state index in [1.807, 2.05) is 22.9 Å². The van der Waals surface area contributed by atoms with Gasteiger partial charge in [-0.15, -0.1) is 0 Å². The van der Waals surface area contributed by atoms with Crippen LogP contribution in [-0.4, -0.2) is 18.2 Å². The zero-order chi connectivity index (χ0) is 13.5. The van der Waals surface area contributed by atoms with Crippen LogP contribution in [0.1, 0.15) is 30.0 Å². The highest BCUT2D eigenvalue weighted by Crippen LogP contribution is 2.40. The molecule has 0 radical (unpaired) electrons. The molecule has 6 heteroatoms. The minimum Gasteiger partial charge on any atom is -0.238 e. The van der Waals surface area contributed by atoms with Crippen molar-refractivity contribution in [1.82, 2.24) is 9.78 Å². The van der Waals surface area contributed by atoms with Crippen LogP contribution < -0.4 is 0 Å². The van der Waals surface area contributed by atoms with Gasteiger partial charge in [-0.25, -0.2) is 13.1 Å². The van der Waals surface area contributed by atoms with E-state index in [-0.39, 0.29) is 5.75 Å².